The first kappa shape index (κ1) is 32.4. The number of H-pyrrole nitrogens is 1. The van der Waals surface area contributed by atoms with Crippen molar-refractivity contribution in [2.45, 2.75) is 44.7 Å². The summed E-state index contributed by atoms with van der Waals surface area (Å²) >= 11 is 1.46. The topological polar surface area (TPSA) is 135 Å². The Labute approximate surface area is 299 Å². The van der Waals surface area contributed by atoms with E-state index in [2.05, 4.69) is 15.5 Å². The van der Waals surface area contributed by atoms with Crippen LogP contribution in [-0.2, 0) is 24.0 Å². The summed E-state index contributed by atoms with van der Waals surface area (Å²) in [4.78, 5) is 39.3. The molecule has 0 bridgehead atoms. The molecule has 1 saturated heterocycles. The Balaban J connectivity index is 1.22. The number of nitrogens with zero attached hydrogens (tertiary/aromatic N) is 4. The van der Waals surface area contributed by atoms with Gasteiger partial charge in [-0.15, -0.1) is 16.4 Å². The molecule has 1 aliphatic carbocycles. The largest absolute Gasteiger partial charge is 0.493 e. The molecule has 0 radical (unpaired) electrons. The van der Waals surface area contributed by atoms with E-state index in [0.29, 0.717) is 72.9 Å². The van der Waals surface area contributed by atoms with Crippen LogP contribution in [0.15, 0.2) is 57.7 Å². The first-order valence-electron chi connectivity index (χ1n) is 17.1. The fourth-order valence-electron chi connectivity index (χ4n) is 7.82. The molecule has 2 N–H and O–H groups in total. The average molecular weight is 723 g/mol. The molecule has 2 aliphatic heterocycles. The van der Waals surface area contributed by atoms with Gasteiger partial charge in [-0.2, -0.15) is 0 Å². The maximum absolute atomic E-state index is 14.5. The van der Waals surface area contributed by atoms with Gasteiger partial charge >= 0.3 is 5.76 Å². The SMILES string of the molecule is COc1c(F)ccc2c1CC[C@H]2Nc1nc(C)cc2cc(-c3c4c(nc(CCc5ccc(F)cc5)c3-c3n[nH]c(=O)o3)[C@@H]3COCCN3C4=O)sc12. The Morgan fingerprint density at radius 3 is 2.69 bits per heavy atom. The number of halogens is 2. The minimum Gasteiger partial charge on any atom is -0.493 e. The second kappa shape index (κ2) is 12.6. The van der Waals surface area contributed by atoms with Gasteiger partial charge < -0.3 is 24.1 Å². The number of aryl methyl sites for hydroxylation is 3. The summed E-state index contributed by atoms with van der Waals surface area (Å²) in [5, 5.41) is 11.2. The zero-order valence-electron chi connectivity index (χ0n) is 28.2. The molecule has 1 amide bonds. The molecule has 14 heteroatoms. The molecule has 11 nitrogen and oxygen atoms in total. The summed E-state index contributed by atoms with van der Waals surface area (Å²) < 4.78 is 46.0. The molecule has 2 atom stereocenters. The third-order valence-corrected chi connectivity index (χ3v) is 11.3. The molecule has 264 valence electrons. The van der Waals surface area contributed by atoms with E-state index in [0.717, 1.165) is 43.8 Å². The van der Waals surface area contributed by atoms with Crippen LogP contribution in [0.2, 0.25) is 0 Å². The van der Waals surface area contributed by atoms with Crippen molar-refractivity contribution < 1.29 is 27.5 Å². The second-order valence-corrected chi connectivity index (χ2v) is 14.3. The molecular formula is C38H32F2N6O5S. The van der Waals surface area contributed by atoms with E-state index < -0.39 is 5.76 Å². The van der Waals surface area contributed by atoms with Crippen LogP contribution >= 0.6 is 11.3 Å². The van der Waals surface area contributed by atoms with Gasteiger partial charge in [0, 0.05) is 28.2 Å². The van der Waals surface area contributed by atoms with Crippen LogP contribution in [0, 0.1) is 18.6 Å². The summed E-state index contributed by atoms with van der Waals surface area (Å²) in [6, 6.07) is 13.0. The molecule has 0 spiro atoms. The monoisotopic (exact) mass is 722 g/mol. The zero-order chi connectivity index (χ0) is 35.7. The molecule has 3 aliphatic rings. The number of thiophene rings is 1. The third-order valence-electron chi connectivity index (χ3n) is 10.1. The summed E-state index contributed by atoms with van der Waals surface area (Å²) in [7, 11) is 1.48. The van der Waals surface area contributed by atoms with Gasteiger partial charge in [0.1, 0.15) is 11.6 Å². The lowest BCUT2D eigenvalue weighted by Gasteiger charge is -2.29. The number of carbonyl (C=O) groups excluding carboxylic acids is 1. The van der Waals surface area contributed by atoms with Crippen molar-refractivity contribution in [1.82, 2.24) is 25.1 Å². The van der Waals surface area contributed by atoms with Crippen molar-refractivity contribution in [3.63, 3.8) is 0 Å². The molecule has 0 unspecified atom stereocenters. The van der Waals surface area contributed by atoms with Crippen molar-refractivity contribution in [2.24, 2.45) is 0 Å². The second-order valence-electron chi connectivity index (χ2n) is 13.2. The number of anilines is 1. The number of hydrogen-bond donors (Lipinski definition) is 2. The standard InChI is InChI=1S/C38H32F2N6O5S/c1-18-15-20-16-28(52-34(20)35(41-18)43-25-12-9-23-22(25)8-10-24(40)33(23)49-2)30-29(36-44-45-38(48)51-36)26(11-5-19-3-6-21(39)7-4-19)42-32-27-17-50-14-13-46(27)37(47)31(30)32/h3-4,6-8,10,15-16,25,27H,5,9,11-14,17H2,1-2H3,(H,41,43)(H,45,48)/t25-,27+/m1/s1. The molecule has 9 rings (SSSR count). The highest BCUT2D eigenvalue weighted by molar-refractivity contribution is 7.23. The first-order valence-corrected chi connectivity index (χ1v) is 17.9. The molecule has 52 heavy (non-hydrogen) atoms. The highest BCUT2D eigenvalue weighted by Crippen LogP contribution is 2.49. The highest BCUT2D eigenvalue weighted by atomic mass is 32.1. The van der Waals surface area contributed by atoms with E-state index in [4.69, 9.17) is 23.9 Å². The number of morpholine rings is 1. The maximum atomic E-state index is 14.5. The quantitative estimate of drug-likeness (QED) is 0.176. The minimum absolute atomic E-state index is 0.0205. The van der Waals surface area contributed by atoms with Gasteiger partial charge in [0.05, 0.1) is 59.6 Å². The van der Waals surface area contributed by atoms with E-state index in [9.17, 15) is 18.4 Å². The third kappa shape index (κ3) is 5.35. The summed E-state index contributed by atoms with van der Waals surface area (Å²) in [6.07, 6.45) is 2.29. The van der Waals surface area contributed by atoms with Gasteiger partial charge in [0.15, 0.2) is 11.6 Å². The summed E-state index contributed by atoms with van der Waals surface area (Å²) in [6.45, 7) is 3.06. The maximum Gasteiger partial charge on any atom is 0.434 e. The number of aromatic nitrogens is 4. The Morgan fingerprint density at radius 1 is 1.06 bits per heavy atom. The number of ether oxygens (including phenoxy) is 2. The number of aromatic amines is 1. The number of benzene rings is 2. The van der Waals surface area contributed by atoms with Gasteiger partial charge in [0.25, 0.3) is 11.8 Å². The average Bonchev–Trinajstić information content (AvgIpc) is 3.93. The number of pyridine rings is 2. The zero-order valence-corrected chi connectivity index (χ0v) is 29.0. The van der Waals surface area contributed by atoms with Crippen molar-refractivity contribution in [1.29, 1.82) is 0 Å². The van der Waals surface area contributed by atoms with E-state index >= 15 is 0 Å². The smallest absolute Gasteiger partial charge is 0.434 e. The highest BCUT2D eigenvalue weighted by Gasteiger charge is 2.44. The number of nitrogens with one attached hydrogen (secondary N) is 2. The molecule has 6 heterocycles. The van der Waals surface area contributed by atoms with E-state index in [1.165, 1.54) is 36.6 Å². The number of amides is 1. The van der Waals surface area contributed by atoms with Crippen LogP contribution < -0.4 is 15.8 Å². The van der Waals surface area contributed by atoms with Crippen molar-refractivity contribution in [2.75, 3.05) is 32.2 Å². The van der Waals surface area contributed by atoms with Gasteiger partial charge in [-0.3, -0.25) is 9.78 Å². The van der Waals surface area contributed by atoms with Crippen LogP contribution in [0.3, 0.4) is 0 Å². The Morgan fingerprint density at radius 2 is 1.90 bits per heavy atom. The van der Waals surface area contributed by atoms with Crippen LogP contribution in [-0.4, -0.2) is 57.8 Å². The Hall–Kier alpha value is -5.47. The van der Waals surface area contributed by atoms with Crippen molar-refractivity contribution in [3.05, 3.63) is 110 Å². The molecule has 1 fully saturated rings. The van der Waals surface area contributed by atoms with E-state index in [-0.39, 0.29) is 41.3 Å². The molecular weight excluding hydrogens is 691 g/mol. The van der Waals surface area contributed by atoms with Crippen LogP contribution in [0.1, 0.15) is 62.6 Å². The number of fused-ring (bicyclic) bond motifs is 5. The minimum atomic E-state index is -0.737. The lowest BCUT2D eigenvalue weighted by Crippen LogP contribution is -2.38. The van der Waals surface area contributed by atoms with Crippen molar-refractivity contribution >= 4 is 33.1 Å². The summed E-state index contributed by atoms with van der Waals surface area (Å²) in [5.41, 5.74) is 6.12. The fraction of sp³-hybridized carbons (Fsp3) is 0.289. The number of methoxy groups -OCH3 is 1. The Bertz CT molecular complexity index is 2460. The number of rotatable bonds is 8. The van der Waals surface area contributed by atoms with Gasteiger partial charge in [-0.1, -0.05) is 18.2 Å². The molecule has 6 aromatic rings. The Kier molecular flexibility index (Phi) is 7.88. The normalized spacial score (nSPS) is 17.8. The van der Waals surface area contributed by atoms with Crippen molar-refractivity contribution in [3.8, 4) is 27.6 Å². The predicted molar refractivity (Wildman–Crippen MR) is 190 cm³/mol. The molecule has 2 aromatic carbocycles. The van der Waals surface area contributed by atoms with Gasteiger partial charge in [-0.05, 0) is 79.5 Å². The van der Waals surface area contributed by atoms with Gasteiger partial charge in [-0.25, -0.2) is 23.7 Å². The summed E-state index contributed by atoms with van der Waals surface area (Å²) in [5.74, 6) is -0.669. The predicted octanol–water partition coefficient (Wildman–Crippen LogP) is 6.71. The van der Waals surface area contributed by atoms with E-state index in [1.54, 1.807) is 23.1 Å². The lowest BCUT2D eigenvalue weighted by molar-refractivity contribution is 0.00352. The lowest BCUT2D eigenvalue weighted by atomic mass is 9.93. The van der Waals surface area contributed by atoms with Crippen LogP contribution in [0.25, 0.3) is 32.0 Å². The van der Waals surface area contributed by atoms with Crippen LogP contribution in [0.5, 0.6) is 5.75 Å². The van der Waals surface area contributed by atoms with E-state index in [1.807, 2.05) is 19.1 Å². The molecule has 0 saturated carbocycles. The molecule has 4 aromatic heterocycles. The van der Waals surface area contributed by atoms with Crippen LogP contribution in [0.4, 0.5) is 14.6 Å². The number of carbonyl (C=O) groups is 1. The number of hydrogen-bond acceptors (Lipinski definition) is 10. The first-order chi connectivity index (χ1) is 25.3. The van der Waals surface area contributed by atoms with Gasteiger partial charge in [0.2, 0.25) is 0 Å². The fourth-order valence-corrected chi connectivity index (χ4v) is 8.97.